The standard InChI is InChI=1S/C17H28N2O2/c1-12-6-5-7-14(10-9-12)19-13(2)16(20)18-11-4-3-8-15(18)17(19)21/h12-15H,3-11H2,1-2H3. The van der Waals surface area contributed by atoms with Crippen LogP contribution in [0.15, 0.2) is 0 Å². The summed E-state index contributed by atoms with van der Waals surface area (Å²) in [4.78, 5) is 29.4. The normalized spacial score (nSPS) is 38.2. The molecular weight excluding hydrogens is 264 g/mol. The molecule has 4 atom stereocenters. The molecule has 2 aliphatic heterocycles. The van der Waals surface area contributed by atoms with Crippen LogP contribution in [0.5, 0.6) is 0 Å². The SMILES string of the molecule is CC1CCCC(N2C(=O)C3CCCCN3C(=O)C2C)CC1. The second-order valence-corrected chi connectivity index (χ2v) is 7.23. The number of rotatable bonds is 1. The summed E-state index contributed by atoms with van der Waals surface area (Å²) in [5, 5.41) is 0. The van der Waals surface area contributed by atoms with Crippen molar-refractivity contribution in [2.45, 2.75) is 83.3 Å². The summed E-state index contributed by atoms with van der Waals surface area (Å²) in [6.07, 6.45) is 8.74. The fourth-order valence-electron chi connectivity index (χ4n) is 4.42. The number of carbonyl (C=O) groups excluding carboxylic acids is 2. The van der Waals surface area contributed by atoms with Gasteiger partial charge in [0.25, 0.3) is 0 Å². The summed E-state index contributed by atoms with van der Waals surface area (Å²) >= 11 is 0. The maximum atomic E-state index is 12.9. The Morgan fingerprint density at radius 3 is 2.48 bits per heavy atom. The minimum atomic E-state index is -0.259. The van der Waals surface area contributed by atoms with Gasteiger partial charge in [-0.05, 0) is 51.4 Å². The van der Waals surface area contributed by atoms with Gasteiger partial charge in [-0.25, -0.2) is 0 Å². The van der Waals surface area contributed by atoms with Gasteiger partial charge in [-0.15, -0.1) is 0 Å². The molecule has 3 rings (SSSR count). The molecule has 3 fully saturated rings. The molecule has 1 aliphatic carbocycles. The van der Waals surface area contributed by atoms with E-state index in [4.69, 9.17) is 0 Å². The van der Waals surface area contributed by atoms with Gasteiger partial charge in [-0.2, -0.15) is 0 Å². The zero-order valence-corrected chi connectivity index (χ0v) is 13.4. The van der Waals surface area contributed by atoms with Crippen molar-refractivity contribution >= 4 is 11.8 Å². The van der Waals surface area contributed by atoms with Gasteiger partial charge in [0.1, 0.15) is 12.1 Å². The average Bonchev–Trinajstić information content (AvgIpc) is 2.70. The number of hydrogen-bond donors (Lipinski definition) is 0. The minimum Gasteiger partial charge on any atom is -0.329 e. The van der Waals surface area contributed by atoms with Crippen molar-refractivity contribution < 1.29 is 9.59 Å². The van der Waals surface area contributed by atoms with Crippen molar-refractivity contribution in [2.75, 3.05) is 6.54 Å². The summed E-state index contributed by atoms with van der Waals surface area (Å²) in [5.74, 6) is 1.16. The highest BCUT2D eigenvalue weighted by Gasteiger charge is 2.46. The Kier molecular flexibility index (Phi) is 4.23. The number of piperidine rings is 1. The van der Waals surface area contributed by atoms with Crippen molar-refractivity contribution in [3.63, 3.8) is 0 Å². The van der Waals surface area contributed by atoms with Crippen LogP contribution < -0.4 is 0 Å². The lowest BCUT2D eigenvalue weighted by atomic mass is 9.93. The van der Waals surface area contributed by atoms with E-state index in [1.54, 1.807) is 0 Å². The molecule has 0 radical (unpaired) electrons. The molecule has 0 bridgehead atoms. The molecule has 2 heterocycles. The smallest absolute Gasteiger partial charge is 0.246 e. The predicted molar refractivity (Wildman–Crippen MR) is 81.7 cm³/mol. The van der Waals surface area contributed by atoms with Crippen molar-refractivity contribution in [1.29, 1.82) is 0 Å². The molecule has 0 spiro atoms. The summed E-state index contributed by atoms with van der Waals surface area (Å²) in [5.41, 5.74) is 0. The number of hydrogen-bond acceptors (Lipinski definition) is 2. The largest absolute Gasteiger partial charge is 0.329 e. The molecular formula is C17H28N2O2. The van der Waals surface area contributed by atoms with E-state index in [0.717, 1.165) is 44.6 Å². The van der Waals surface area contributed by atoms with E-state index < -0.39 is 0 Å². The predicted octanol–water partition coefficient (Wildman–Crippen LogP) is 2.57. The molecule has 4 heteroatoms. The molecule has 0 aromatic heterocycles. The van der Waals surface area contributed by atoms with Crippen molar-refractivity contribution in [3.8, 4) is 0 Å². The topological polar surface area (TPSA) is 40.6 Å². The van der Waals surface area contributed by atoms with Crippen molar-refractivity contribution in [1.82, 2.24) is 9.80 Å². The van der Waals surface area contributed by atoms with E-state index in [1.165, 1.54) is 19.3 Å². The quantitative estimate of drug-likeness (QED) is 0.697. The number of fused-ring (bicyclic) bond motifs is 1. The summed E-state index contributed by atoms with van der Waals surface area (Å²) in [7, 11) is 0. The molecule has 0 aromatic carbocycles. The van der Waals surface area contributed by atoms with E-state index in [1.807, 2.05) is 16.7 Å². The van der Waals surface area contributed by atoms with Crippen LogP contribution >= 0.6 is 0 Å². The van der Waals surface area contributed by atoms with Gasteiger partial charge in [-0.1, -0.05) is 19.8 Å². The molecule has 21 heavy (non-hydrogen) atoms. The first-order chi connectivity index (χ1) is 10.1. The number of nitrogens with zero attached hydrogens (tertiary/aromatic N) is 2. The van der Waals surface area contributed by atoms with Gasteiger partial charge in [-0.3, -0.25) is 9.59 Å². The maximum Gasteiger partial charge on any atom is 0.246 e. The third-order valence-corrected chi connectivity index (χ3v) is 5.72. The maximum absolute atomic E-state index is 12.9. The van der Waals surface area contributed by atoms with E-state index >= 15 is 0 Å². The third kappa shape index (κ3) is 2.69. The summed E-state index contributed by atoms with van der Waals surface area (Å²) < 4.78 is 0. The van der Waals surface area contributed by atoms with E-state index in [2.05, 4.69) is 6.92 Å². The molecule has 2 saturated heterocycles. The lowest BCUT2D eigenvalue weighted by molar-refractivity contribution is -0.166. The molecule has 118 valence electrons. The first-order valence-electron chi connectivity index (χ1n) is 8.72. The van der Waals surface area contributed by atoms with Crippen LogP contribution in [0, 0.1) is 5.92 Å². The summed E-state index contributed by atoms with van der Waals surface area (Å²) in [6, 6.07) is -0.140. The van der Waals surface area contributed by atoms with Gasteiger partial charge >= 0.3 is 0 Å². The lowest BCUT2D eigenvalue weighted by Gasteiger charge is -2.48. The van der Waals surface area contributed by atoms with Crippen LogP contribution in [-0.4, -0.2) is 46.3 Å². The van der Waals surface area contributed by atoms with Crippen LogP contribution in [0.1, 0.15) is 65.2 Å². The Morgan fingerprint density at radius 1 is 0.857 bits per heavy atom. The van der Waals surface area contributed by atoms with Gasteiger partial charge in [0.15, 0.2) is 0 Å². The fraction of sp³-hybridized carbons (Fsp3) is 0.882. The zero-order chi connectivity index (χ0) is 15.0. The van der Waals surface area contributed by atoms with Crippen LogP contribution in [0.3, 0.4) is 0 Å². The monoisotopic (exact) mass is 292 g/mol. The Bertz CT molecular complexity index is 423. The average molecular weight is 292 g/mol. The molecule has 3 aliphatic rings. The Balaban J connectivity index is 1.80. The second kappa shape index (κ2) is 5.98. The second-order valence-electron chi connectivity index (χ2n) is 7.23. The van der Waals surface area contributed by atoms with Crippen LogP contribution in [-0.2, 0) is 9.59 Å². The molecule has 1 saturated carbocycles. The highest BCUT2D eigenvalue weighted by molar-refractivity contribution is 5.97. The highest BCUT2D eigenvalue weighted by atomic mass is 16.2. The number of carbonyl (C=O) groups is 2. The number of amides is 2. The Labute approximate surface area is 127 Å². The number of piperazine rings is 1. The Hall–Kier alpha value is -1.06. The first-order valence-corrected chi connectivity index (χ1v) is 8.72. The Morgan fingerprint density at radius 2 is 1.67 bits per heavy atom. The first kappa shape index (κ1) is 14.9. The molecule has 0 N–H and O–H groups in total. The molecule has 4 unspecified atom stereocenters. The van der Waals surface area contributed by atoms with Crippen LogP contribution in [0.4, 0.5) is 0 Å². The van der Waals surface area contributed by atoms with Crippen molar-refractivity contribution in [3.05, 3.63) is 0 Å². The van der Waals surface area contributed by atoms with Gasteiger partial charge in [0, 0.05) is 12.6 Å². The fourth-order valence-corrected chi connectivity index (χ4v) is 4.42. The lowest BCUT2D eigenvalue weighted by Crippen LogP contribution is -2.67. The van der Waals surface area contributed by atoms with Crippen LogP contribution in [0.25, 0.3) is 0 Å². The van der Waals surface area contributed by atoms with E-state index in [0.29, 0.717) is 0 Å². The summed E-state index contributed by atoms with van der Waals surface area (Å²) in [6.45, 7) is 5.01. The van der Waals surface area contributed by atoms with Gasteiger partial charge < -0.3 is 9.80 Å². The minimum absolute atomic E-state index is 0.164. The molecule has 0 aromatic rings. The van der Waals surface area contributed by atoms with E-state index in [-0.39, 0.29) is 29.9 Å². The highest BCUT2D eigenvalue weighted by Crippen LogP contribution is 2.32. The zero-order valence-electron chi connectivity index (χ0n) is 13.4. The van der Waals surface area contributed by atoms with E-state index in [9.17, 15) is 9.59 Å². The van der Waals surface area contributed by atoms with Gasteiger partial charge in [0.05, 0.1) is 0 Å². The van der Waals surface area contributed by atoms with Crippen LogP contribution in [0.2, 0.25) is 0 Å². The third-order valence-electron chi connectivity index (χ3n) is 5.72. The molecule has 4 nitrogen and oxygen atoms in total. The molecule has 2 amide bonds. The van der Waals surface area contributed by atoms with Crippen molar-refractivity contribution in [2.24, 2.45) is 5.92 Å². The van der Waals surface area contributed by atoms with Gasteiger partial charge in [0.2, 0.25) is 11.8 Å².